The Labute approximate surface area is 128 Å². The lowest BCUT2D eigenvalue weighted by molar-refractivity contribution is 0.110. The second kappa shape index (κ2) is 7.37. The first-order valence-electron chi connectivity index (χ1n) is 8.19. The summed E-state index contributed by atoms with van der Waals surface area (Å²) in [5.41, 5.74) is 7.17. The molecular weight excluding hydrogens is 263 g/mol. The van der Waals surface area contributed by atoms with Crippen LogP contribution in [0.25, 0.3) is 0 Å². The van der Waals surface area contributed by atoms with Crippen LogP contribution in [0.4, 0.5) is 4.39 Å². The largest absolute Gasteiger partial charge is 0.329 e. The molecule has 2 nitrogen and oxygen atoms in total. The summed E-state index contributed by atoms with van der Waals surface area (Å²) in [6, 6.07) is 6.82. The van der Waals surface area contributed by atoms with E-state index in [4.69, 9.17) is 5.73 Å². The van der Waals surface area contributed by atoms with Crippen molar-refractivity contribution in [3.05, 3.63) is 35.6 Å². The van der Waals surface area contributed by atoms with Crippen LogP contribution in [0.15, 0.2) is 24.3 Å². The molecule has 1 aliphatic carbocycles. The third-order valence-electron chi connectivity index (χ3n) is 5.12. The van der Waals surface area contributed by atoms with Crippen LogP contribution in [0.2, 0.25) is 0 Å². The van der Waals surface area contributed by atoms with Gasteiger partial charge in [-0.3, -0.25) is 4.90 Å². The fourth-order valence-electron chi connectivity index (χ4n) is 3.38. The summed E-state index contributed by atoms with van der Waals surface area (Å²) in [6.07, 6.45) is 7.70. The molecule has 1 atom stereocenters. The lowest BCUT2D eigenvalue weighted by atomic mass is 9.86. The first-order chi connectivity index (χ1) is 10.0. The molecule has 2 rings (SSSR count). The number of likely N-dealkylation sites (N-methyl/N-ethyl adjacent to an activating group) is 1. The quantitative estimate of drug-likeness (QED) is 0.868. The highest BCUT2D eigenvalue weighted by Crippen LogP contribution is 2.27. The number of nitrogens with zero attached hydrogens (tertiary/aromatic N) is 1. The molecule has 3 heteroatoms. The number of halogens is 1. The molecule has 0 aliphatic heterocycles. The standard InChI is InChI=1S/C18H29FN2/c1-18(14-20,12-15-8-10-17(19)11-9-15)21(2)13-16-6-4-3-5-7-16/h8-11,16H,3-7,12-14,20H2,1-2H3. The second-order valence-corrected chi connectivity index (χ2v) is 6.89. The van der Waals surface area contributed by atoms with Crippen LogP contribution in [0.5, 0.6) is 0 Å². The van der Waals surface area contributed by atoms with Crippen LogP contribution in [-0.2, 0) is 6.42 Å². The van der Waals surface area contributed by atoms with Crippen molar-refractivity contribution in [2.45, 2.75) is 51.0 Å². The average Bonchev–Trinajstić information content (AvgIpc) is 2.50. The molecule has 0 amide bonds. The van der Waals surface area contributed by atoms with Crippen LogP contribution in [-0.4, -0.2) is 30.6 Å². The smallest absolute Gasteiger partial charge is 0.123 e. The van der Waals surface area contributed by atoms with Crippen molar-refractivity contribution in [2.24, 2.45) is 11.7 Å². The first-order valence-corrected chi connectivity index (χ1v) is 8.19. The molecule has 1 fully saturated rings. The van der Waals surface area contributed by atoms with Crippen LogP contribution < -0.4 is 5.73 Å². The zero-order chi connectivity index (χ0) is 15.3. The molecule has 2 N–H and O–H groups in total. The van der Waals surface area contributed by atoms with Gasteiger partial charge in [0.25, 0.3) is 0 Å². The highest BCUT2D eigenvalue weighted by molar-refractivity contribution is 5.19. The molecule has 1 saturated carbocycles. The van der Waals surface area contributed by atoms with E-state index in [1.807, 2.05) is 12.1 Å². The van der Waals surface area contributed by atoms with Crippen LogP contribution in [0, 0.1) is 11.7 Å². The minimum absolute atomic E-state index is 0.0602. The second-order valence-electron chi connectivity index (χ2n) is 6.89. The topological polar surface area (TPSA) is 29.3 Å². The Kier molecular flexibility index (Phi) is 5.77. The van der Waals surface area contributed by atoms with E-state index in [1.54, 1.807) is 0 Å². The molecule has 1 aromatic rings. The van der Waals surface area contributed by atoms with E-state index in [1.165, 1.54) is 44.2 Å². The molecule has 1 aliphatic rings. The number of nitrogens with two attached hydrogens (primary N) is 1. The fraction of sp³-hybridized carbons (Fsp3) is 0.667. The minimum Gasteiger partial charge on any atom is -0.329 e. The predicted molar refractivity (Wildman–Crippen MR) is 86.8 cm³/mol. The van der Waals surface area contributed by atoms with Gasteiger partial charge in [-0.15, -0.1) is 0 Å². The van der Waals surface area contributed by atoms with E-state index in [0.29, 0.717) is 6.54 Å². The molecule has 0 saturated heterocycles. The Morgan fingerprint density at radius 3 is 2.38 bits per heavy atom. The molecule has 118 valence electrons. The molecule has 0 heterocycles. The van der Waals surface area contributed by atoms with Crippen molar-refractivity contribution in [3.63, 3.8) is 0 Å². The lowest BCUT2D eigenvalue weighted by Gasteiger charge is -2.41. The van der Waals surface area contributed by atoms with E-state index >= 15 is 0 Å². The van der Waals surface area contributed by atoms with Crippen LogP contribution in [0.3, 0.4) is 0 Å². The minimum atomic E-state index is -0.177. The highest BCUT2D eigenvalue weighted by Gasteiger charge is 2.30. The average molecular weight is 292 g/mol. The van der Waals surface area contributed by atoms with Gasteiger partial charge < -0.3 is 5.73 Å². The van der Waals surface area contributed by atoms with Gasteiger partial charge in [0.15, 0.2) is 0 Å². The zero-order valence-electron chi connectivity index (χ0n) is 13.4. The Balaban J connectivity index is 1.99. The highest BCUT2D eigenvalue weighted by atomic mass is 19.1. The van der Waals surface area contributed by atoms with Gasteiger partial charge in [0, 0.05) is 18.6 Å². The van der Waals surface area contributed by atoms with Crippen LogP contribution in [0.1, 0.15) is 44.6 Å². The summed E-state index contributed by atoms with van der Waals surface area (Å²) in [4.78, 5) is 2.42. The summed E-state index contributed by atoms with van der Waals surface area (Å²) < 4.78 is 13.0. The number of hydrogen-bond donors (Lipinski definition) is 1. The predicted octanol–water partition coefficient (Wildman–Crippen LogP) is 3.60. The number of benzene rings is 1. The van der Waals surface area contributed by atoms with Gasteiger partial charge in [-0.25, -0.2) is 4.39 Å². The lowest BCUT2D eigenvalue weighted by Crippen LogP contribution is -2.52. The Hall–Kier alpha value is -0.930. The number of rotatable bonds is 6. The molecule has 0 radical (unpaired) electrons. The zero-order valence-corrected chi connectivity index (χ0v) is 13.4. The van der Waals surface area contributed by atoms with E-state index in [2.05, 4.69) is 18.9 Å². The summed E-state index contributed by atoms with van der Waals surface area (Å²) in [6.45, 7) is 3.96. The van der Waals surface area contributed by atoms with Gasteiger partial charge >= 0.3 is 0 Å². The molecule has 1 unspecified atom stereocenters. The van der Waals surface area contributed by atoms with E-state index in [-0.39, 0.29) is 11.4 Å². The maximum atomic E-state index is 13.0. The van der Waals surface area contributed by atoms with Crippen molar-refractivity contribution in [1.82, 2.24) is 4.90 Å². The summed E-state index contributed by atoms with van der Waals surface area (Å²) in [5, 5.41) is 0. The summed E-state index contributed by atoms with van der Waals surface area (Å²) >= 11 is 0. The van der Waals surface area contributed by atoms with Gasteiger partial charge in [-0.05, 0) is 56.8 Å². The van der Waals surface area contributed by atoms with E-state index in [0.717, 1.165) is 24.4 Å². The summed E-state index contributed by atoms with van der Waals surface area (Å²) in [5.74, 6) is 0.631. The Bertz CT molecular complexity index is 425. The molecular formula is C18H29FN2. The van der Waals surface area contributed by atoms with Gasteiger partial charge in [0.05, 0.1) is 0 Å². The molecule has 0 bridgehead atoms. The van der Waals surface area contributed by atoms with Crippen molar-refractivity contribution < 1.29 is 4.39 Å². The van der Waals surface area contributed by atoms with Crippen LogP contribution >= 0.6 is 0 Å². The van der Waals surface area contributed by atoms with Crippen molar-refractivity contribution in [1.29, 1.82) is 0 Å². The third kappa shape index (κ3) is 4.52. The monoisotopic (exact) mass is 292 g/mol. The molecule has 0 spiro atoms. The van der Waals surface area contributed by atoms with E-state index < -0.39 is 0 Å². The fourth-order valence-corrected chi connectivity index (χ4v) is 3.38. The van der Waals surface area contributed by atoms with Gasteiger partial charge in [-0.1, -0.05) is 31.4 Å². The molecule has 1 aromatic carbocycles. The summed E-state index contributed by atoms with van der Waals surface area (Å²) in [7, 11) is 2.19. The van der Waals surface area contributed by atoms with Gasteiger partial charge in [0.2, 0.25) is 0 Å². The van der Waals surface area contributed by atoms with Crippen molar-refractivity contribution >= 4 is 0 Å². The van der Waals surface area contributed by atoms with Gasteiger partial charge in [0.1, 0.15) is 5.82 Å². The maximum absolute atomic E-state index is 13.0. The number of hydrogen-bond acceptors (Lipinski definition) is 2. The van der Waals surface area contributed by atoms with E-state index in [9.17, 15) is 4.39 Å². The van der Waals surface area contributed by atoms with Crippen molar-refractivity contribution in [2.75, 3.05) is 20.1 Å². The molecule has 21 heavy (non-hydrogen) atoms. The Morgan fingerprint density at radius 2 is 1.81 bits per heavy atom. The van der Waals surface area contributed by atoms with Gasteiger partial charge in [-0.2, -0.15) is 0 Å². The first kappa shape index (κ1) is 16.4. The molecule has 0 aromatic heterocycles. The Morgan fingerprint density at radius 1 is 1.19 bits per heavy atom. The van der Waals surface area contributed by atoms with Crippen molar-refractivity contribution in [3.8, 4) is 0 Å². The normalized spacial score (nSPS) is 19.7. The third-order valence-corrected chi connectivity index (χ3v) is 5.12. The maximum Gasteiger partial charge on any atom is 0.123 e. The SMILES string of the molecule is CN(CC1CCCCC1)C(C)(CN)Cc1ccc(F)cc1.